The third kappa shape index (κ3) is 4.80. The molecule has 4 nitrogen and oxygen atoms in total. The lowest BCUT2D eigenvalue weighted by atomic mass is 10.00. The van der Waals surface area contributed by atoms with Crippen LogP contribution >= 0.6 is 0 Å². The molecule has 1 aliphatic rings. The van der Waals surface area contributed by atoms with Crippen molar-refractivity contribution < 1.29 is 27.9 Å². The zero-order chi connectivity index (χ0) is 11.4. The maximum atomic E-state index is 10.6. The van der Waals surface area contributed by atoms with Crippen LogP contribution in [0.3, 0.4) is 0 Å². The Bertz CT molecular complexity index is 223. The van der Waals surface area contributed by atoms with E-state index in [-0.39, 0.29) is 0 Å². The van der Waals surface area contributed by atoms with Crippen molar-refractivity contribution in [2.75, 3.05) is 13.1 Å². The van der Waals surface area contributed by atoms with Gasteiger partial charge in [-0.15, -0.1) is 0 Å². The average Bonchev–Trinajstić information content (AvgIpc) is 1.79. The van der Waals surface area contributed by atoms with Crippen LogP contribution < -0.4 is 5.32 Å². The van der Waals surface area contributed by atoms with Gasteiger partial charge in [0.15, 0.2) is 0 Å². The molecule has 0 atom stereocenters. The summed E-state index contributed by atoms with van der Waals surface area (Å²) >= 11 is 0. The molecule has 14 heavy (non-hydrogen) atoms. The van der Waals surface area contributed by atoms with Crippen molar-refractivity contribution in [2.45, 2.75) is 13.1 Å². The average molecular weight is 213 g/mol. The highest BCUT2D eigenvalue weighted by molar-refractivity contribution is 5.79. The van der Waals surface area contributed by atoms with Crippen LogP contribution in [-0.2, 0) is 9.59 Å². The second-order valence-corrected chi connectivity index (χ2v) is 2.77. The molecule has 0 aliphatic carbocycles. The van der Waals surface area contributed by atoms with Crippen LogP contribution in [-0.4, -0.2) is 36.1 Å². The van der Waals surface area contributed by atoms with Gasteiger partial charge in [-0.2, -0.15) is 13.2 Å². The van der Waals surface area contributed by atoms with Gasteiger partial charge in [-0.25, -0.2) is 4.79 Å². The number of carbonyl (C=O) groups is 2. The highest BCUT2D eigenvalue weighted by Gasteiger charge is 2.38. The summed E-state index contributed by atoms with van der Waals surface area (Å²) in [5.74, 6) is -2.11. The molecule has 0 radical (unpaired) electrons. The summed E-state index contributed by atoms with van der Waals surface area (Å²) in [6, 6.07) is 0. The zero-order valence-corrected chi connectivity index (χ0v) is 7.39. The standard InChI is InChI=1S/C5H9NO.C2HF3O2/c1-4(7)5-2-6-3-5;3-2(4,5)1(6)7/h5-6H,2-3H2,1H3;(H,6,7). The van der Waals surface area contributed by atoms with Gasteiger partial charge in [-0.1, -0.05) is 0 Å². The number of hydrogen-bond acceptors (Lipinski definition) is 3. The number of halogens is 3. The minimum absolute atomic E-state index is 0.318. The molecule has 0 amide bonds. The number of carbonyl (C=O) groups excluding carboxylic acids is 1. The third-order valence-corrected chi connectivity index (χ3v) is 1.60. The lowest BCUT2D eigenvalue weighted by Crippen LogP contribution is -2.45. The molecule has 82 valence electrons. The number of carboxylic acids is 1. The van der Waals surface area contributed by atoms with Crippen molar-refractivity contribution in [2.24, 2.45) is 5.92 Å². The van der Waals surface area contributed by atoms with Crippen LogP contribution in [0.5, 0.6) is 0 Å². The van der Waals surface area contributed by atoms with Crippen molar-refractivity contribution >= 4 is 11.8 Å². The van der Waals surface area contributed by atoms with E-state index in [1.807, 2.05) is 0 Å². The van der Waals surface area contributed by atoms with Gasteiger partial charge in [0, 0.05) is 19.0 Å². The number of rotatable bonds is 1. The lowest BCUT2D eigenvalue weighted by molar-refractivity contribution is -0.192. The fourth-order valence-corrected chi connectivity index (χ4v) is 0.576. The van der Waals surface area contributed by atoms with Crippen LogP contribution in [0.1, 0.15) is 6.92 Å². The number of Topliss-reactive ketones (excluding diaryl/α,β-unsaturated/α-hetero) is 1. The highest BCUT2D eigenvalue weighted by atomic mass is 19.4. The van der Waals surface area contributed by atoms with Gasteiger partial charge in [0.05, 0.1) is 0 Å². The molecule has 0 aromatic rings. The smallest absolute Gasteiger partial charge is 0.475 e. The molecule has 1 saturated heterocycles. The van der Waals surface area contributed by atoms with Crippen LogP contribution in [0.4, 0.5) is 13.2 Å². The molecule has 0 unspecified atom stereocenters. The summed E-state index contributed by atoms with van der Waals surface area (Å²) in [7, 11) is 0. The molecular formula is C7H10F3NO3. The van der Waals surface area contributed by atoms with Crippen LogP contribution in [0.15, 0.2) is 0 Å². The molecule has 1 heterocycles. The Labute approximate surface area is 78.1 Å². The van der Waals surface area contributed by atoms with Crippen molar-refractivity contribution in [1.29, 1.82) is 0 Å². The van der Waals surface area contributed by atoms with Crippen molar-refractivity contribution in [3.05, 3.63) is 0 Å². The van der Waals surface area contributed by atoms with Crippen LogP contribution in [0.25, 0.3) is 0 Å². The third-order valence-electron chi connectivity index (χ3n) is 1.60. The topological polar surface area (TPSA) is 66.4 Å². The Morgan fingerprint density at radius 2 is 1.71 bits per heavy atom. The number of carboxylic acid groups (broad SMARTS) is 1. The maximum absolute atomic E-state index is 10.6. The quantitative estimate of drug-likeness (QED) is 0.662. The van der Waals surface area contributed by atoms with E-state index in [0.29, 0.717) is 11.7 Å². The predicted molar refractivity (Wildman–Crippen MR) is 40.7 cm³/mol. The van der Waals surface area contributed by atoms with Crippen LogP contribution in [0, 0.1) is 5.92 Å². The summed E-state index contributed by atoms with van der Waals surface area (Å²) in [4.78, 5) is 19.3. The fraction of sp³-hybridized carbons (Fsp3) is 0.714. The van der Waals surface area contributed by atoms with Crippen LogP contribution in [0.2, 0.25) is 0 Å². The number of nitrogens with one attached hydrogen (secondary N) is 1. The first-order valence-corrected chi connectivity index (χ1v) is 3.76. The minimum Gasteiger partial charge on any atom is -0.475 e. The Hall–Kier alpha value is -1.11. The maximum Gasteiger partial charge on any atom is 0.490 e. The fourth-order valence-electron chi connectivity index (χ4n) is 0.576. The molecular weight excluding hydrogens is 203 g/mol. The number of aliphatic carboxylic acids is 1. The van der Waals surface area contributed by atoms with E-state index in [2.05, 4.69) is 5.32 Å². The molecule has 7 heteroatoms. The van der Waals surface area contributed by atoms with E-state index >= 15 is 0 Å². The number of hydrogen-bond donors (Lipinski definition) is 2. The first-order valence-electron chi connectivity index (χ1n) is 3.76. The van der Waals surface area contributed by atoms with Crippen molar-refractivity contribution in [3.8, 4) is 0 Å². The van der Waals surface area contributed by atoms with E-state index in [0.717, 1.165) is 13.1 Å². The second-order valence-electron chi connectivity index (χ2n) is 2.77. The Morgan fingerprint density at radius 3 is 1.71 bits per heavy atom. The summed E-state index contributed by atoms with van der Waals surface area (Å²) in [6.07, 6.45) is -5.08. The van der Waals surface area contributed by atoms with Gasteiger partial charge < -0.3 is 10.4 Å². The second kappa shape index (κ2) is 4.94. The molecule has 1 rings (SSSR count). The Morgan fingerprint density at radius 1 is 1.36 bits per heavy atom. The first kappa shape index (κ1) is 12.9. The predicted octanol–water partition coefficient (Wildman–Crippen LogP) is 0.428. The summed E-state index contributed by atoms with van der Waals surface area (Å²) in [5, 5.41) is 10.1. The van der Waals surface area contributed by atoms with Gasteiger partial charge in [0.2, 0.25) is 0 Å². The monoisotopic (exact) mass is 213 g/mol. The lowest BCUT2D eigenvalue weighted by Gasteiger charge is -2.23. The molecule has 0 spiro atoms. The van der Waals surface area contributed by atoms with Gasteiger partial charge >= 0.3 is 12.1 Å². The van der Waals surface area contributed by atoms with Gasteiger partial charge in [-0.3, -0.25) is 4.79 Å². The molecule has 2 N–H and O–H groups in total. The largest absolute Gasteiger partial charge is 0.490 e. The van der Waals surface area contributed by atoms with E-state index in [9.17, 15) is 18.0 Å². The number of alkyl halides is 3. The van der Waals surface area contributed by atoms with E-state index < -0.39 is 12.1 Å². The van der Waals surface area contributed by atoms with Gasteiger partial charge in [0.1, 0.15) is 5.78 Å². The van der Waals surface area contributed by atoms with Crippen molar-refractivity contribution in [1.82, 2.24) is 5.32 Å². The molecule has 1 aliphatic heterocycles. The summed E-state index contributed by atoms with van der Waals surface area (Å²) in [5.41, 5.74) is 0. The number of ketones is 1. The van der Waals surface area contributed by atoms with E-state index in [4.69, 9.17) is 9.90 Å². The molecule has 0 saturated carbocycles. The SMILES string of the molecule is CC(=O)C1CNC1.O=C(O)C(F)(F)F. The normalized spacial score (nSPS) is 16.3. The van der Waals surface area contributed by atoms with E-state index in [1.54, 1.807) is 6.92 Å². The Balaban J connectivity index is 0.000000241. The molecule has 1 fully saturated rings. The summed E-state index contributed by atoms with van der Waals surface area (Å²) < 4.78 is 31.7. The summed E-state index contributed by atoms with van der Waals surface area (Å²) in [6.45, 7) is 3.44. The molecule has 0 aromatic carbocycles. The minimum atomic E-state index is -5.08. The first-order chi connectivity index (χ1) is 6.25. The van der Waals surface area contributed by atoms with Crippen molar-refractivity contribution in [3.63, 3.8) is 0 Å². The molecule has 0 aromatic heterocycles. The molecule has 0 bridgehead atoms. The highest BCUT2D eigenvalue weighted by Crippen LogP contribution is 2.13. The van der Waals surface area contributed by atoms with E-state index in [1.165, 1.54) is 0 Å². The zero-order valence-electron chi connectivity index (χ0n) is 7.39. The van der Waals surface area contributed by atoms with Gasteiger partial charge in [-0.05, 0) is 6.92 Å². The van der Waals surface area contributed by atoms with Gasteiger partial charge in [0.25, 0.3) is 0 Å². The Kier molecular flexibility index (Phi) is 4.55.